The fraction of sp³-hybridized carbons (Fsp3) is 0.250. The first-order valence-electron chi connectivity index (χ1n) is 6.94. The second kappa shape index (κ2) is 6.94. The first-order chi connectivity index (χ1) is 11.1. The highest BCUT2D eigenvalue weighted by Gasteiger charge is 2.24. The Hall–Kier alpha value is -1.86. The van der Waals surface area contributed by atoms with Gasteiger partial charge < -0.3 is 4.74 Å². The third kappa shape index (κ3) is 3.62. The lowest BCUT2D eigenvalue weighted by molar-refractivity contribution is -0.0498. The average Bonchev–Trinajstić information content (AvgIpc) is 2.50. The number of sulfonamides is 1. The largest absolute Gasteiger partial charge is 0.433 e. The van der Waals surface area contributed by atoms with Crippen LogP contribution in [0.2, 0.25) is 5.02 Å². The van der Waals surface area contributed by atoms with E-state index in [-0.39, 0.29) is 15.7 Å². The Morgan fingerprint density at radius 2 is 1.83 bits per heavy atom. The first-order valence-corrected chi connectivity index (χ1v) is 8.76. The molecule has 0 aromatic heterocycles. The number of ether oxygens (including phenoxy) is 1. The zero-order valence-corrected chi connectivity index (χ0v) is 14.8. The second-order valence-electron chi connectivity index (χ2n) is 5.16. The summed E-state index contributed by atoms with van der Waals surface area (Å²) in [5, 5.41) is -0.203. The van der Waals surface area contributed by atoms with Gasteiger partial charge in [-0.25, -0.2) is 8.42 Å². The Bertz CT molecular complexity index is 856. The first kappa shape index (κ1) is 18.5. The van der Waals surface area contributed by atoms with Gasteiger partial charge in [0.25, 0.3) is 10.0 Å². The Morgan fingerprint density at radius 1 is 1.17 bits per heavy atom. The molecule has 0 aliphatic rings. The van der Waals surface area contributed by atoms with E-state index in [0.29, 0.717) is 5.69 Å². The standard InChI is InChI=1S/C16H16ClF2NO3S/c1-10-5-4-6-14(11(10)2)20(3)24(21,22)12-7-8-15(13(17)9-12)23-16(18)19/h4-9,16H,1-3H3. The van der Waals surface area contributed by atoms with Crippen LogP contribution in [0.4, 0.5) is 14.5 Å². The van der Waals surface area contributed by atoms with Crippen molar-refractivity contribution >= 4 is 27.3 Å². The zero-order valence-electron chi connectivity index (χ0n) is 13.3. The molecule has 0 aliphatic heterocycles. The number of benzene rings is 2. The summed E-state index contributed by atoms with van der Waals surface area (Å²) < 4.78 is 55.4. The van der Waals surface area contributed by atoms with Crippen LogP contribution in [0, 0.1) is 13.8 Å². The minimum absolute atomic E-state index is 0.113. The maximum Gasteiger partial charge on any atom is 0.387 e. The molecule has 0 aliphatic carbocycles. The molecule has 0 radical (unpaired) electrons. The topological polar surface area (TPSA) is 46.6 Å². The van der Waals surface area contributed by atoms with Crippen LogP contribution < -0.4 is 9.04 Å². The molecule has 0 unspecified atom stereocenters. The summed E-state index contributed by atoms with van der Waals surface area (Å²) in [6.07, 6.45) is 0. The summed E-state index contributed by atoms with van der Waals surface area (Å²) in [5.74, 6) is -0.278. The molecule has 0 atom stereocenters. The molecule has 0 N–H and O–H groups in total. The molecule has 8 heteroatoms. The van der Waals surface area contributed by atoms with Crippen LogP contribution in [0.3, 0.4) is 0 Å². The summed E-state index contributed by atoms with van der Waals surface area (Å²) in [6, 6.07) is 8.72. The number of nitrogens with zero attached hydrogens (tertiary/aromatic N) is 1. The molecular formula is C16H16ClF2NO3S. The predicted molar refractivity (Wildman–Crippen MR) is 89.6 cm³/mol. The van der Waals surface area contributed by atoms with E-state index in [1.54, 1.807) is 12.1 Å². The highest BCUT2D eigenvalue weighted by Crippen LogP contribution is 2.32. The molecule has 130 valence electrons. The molecule has 4 nitrogen and oxygen atoms in total. The SMILES string of the molecule is Cc1cccc(N(C)S(=O)(=O)c2ccc(OC(F)F)c(Cl)c2)c1C. The second-order valence-corrected chi connectivity index (χ2v) is 7.54. The molecule has 2 aromatic rings. The van der Waals surface area contributed by atoms with Crippen molar-refractivity contribution in [2.45, 2.75) is 25.4 Å². The average molecular weight is 376 g/mol. The van der Waals surface area contributed by atoms with Gasteiger partial charge in [-0.05, 0) is 49.2 Å². The van der Waals surface area contributed by atoms with Gasteiger partial charge >= 0.3 is 6.61 Å². The summed E-state index contributed by atoms with van der Waals surface area (Å²) in [4.78, 5) is -0.113. The van der Waals surface area contributed by atoms with Crippen molar-refractivity contribution in [1.29, 1.82) is 0 Å². The van der Waals surface area contributed by atoms with E-state index in [9.17, 15) is 17.2 Å². The minimum atomic E-state index is -3.89. The molecule has 2 aromatic carbocycles. The third-order valence-corrected chi connectivity index (χ3v) is 5.76. The van der Waals surface area contributed by atoms with Crippen molar-refractivity contribution in [3.8, 4) is 5.75 Å². The highest BCUT2D eigenvalue weighted by atomic mass is 35.5. The molecule has 0 saturated heterocycles. The Labute approximate surface area is 144 Å². The fourth-order valence-corrected chi connectivity index (χ4v) is 3.77. The smallest absolute Gasteiger partial charge is 0.387 e. The van der Waals surface area contributed by atoms with Crippen LogP contribution in [0.1, 0.15) is 11.1 Å². The number of aryl methyl sites for hydroxylation is 1. The fourth-order valence-electron chi connectivity index (χ4n) is 2.20. The van der Waals surface area contributed by atoms with Gasteiger partial charge in [0, 0.05) is 7.05 Å². The van der Waals surface area contributed by atoms with E-state index in [4.69, 9.17) is 11.6 Å². The molecule has 0 fully saturated rings. The van der Waals surface area contributed by atoms with Crippen LogP contribution in [0.25, 0.3) is 0 Å². The molecular weight excluding hydrogens is 360 g/mol. The lowest BCUT2D eigenvalue weighted by atomic mass is 10.1. The lowest BCUT2D eigenvalue weighted by Crippen LogP contribution is -2.27. The Kier molecular flexibility index (Phi) is 5.35. The number of hydrogen-bond donors (Lipinski definition) is 0. The van der Waals surface area contributed by atoms with Gasteiger partial charge in [-0.15, -0.1) is 0 Å². The van der Waals surface area contributed by atoms with Crippen molar-refractivity contribution < 1.29 is 21.9 Å². The maximum absolute atomic E-state index is 12.8. The third-order valence-electron chi connectivity index (χ3n) is 3.69. The van der Waals surface area contributed by atoms with Crippen molar-refractivity contribution in [3.05, 3.63) is 52.5 Å². The van der Waals surface area contributed by atoms with Crippen LogP contribution in [0.15, 0.2) is 41.3 Å². The normalized spacial score (nSPS) is 11.6. The summed E-state index contributed by atoms with van der Waals surface area (Å²) >= 11 is 5.85. The number of halogens is 3. The van der Waals surface area contributed by atoms with E-state index < -0.39 is 16.6 Å². The molecule has 0 amide bonds. The number of hydrogen-bond acceptors (Lipinski definition) is 3. The highest BCUT2D eigenvalue weighted by molar-refractivity contribution is 7.92. The molecule has 2 rings (SSSR count). The zero-order chi connectivity index (χ0) is 18.1. The molecule has 0 bridgehead atoms. The molecule has 0 heterocycles. The van der Waals surface area contributed by atoms with Gasteiger partial charge in [0.2, 0.25) is 0 Å². The van der Waals surface area contributed by atoms with E-state index in [2.05, 4.69) is 4.74 Å². The van der Waals surface area contributed by atoms with Gasteiger partial charge in [0.05, 0.1) is 15.6 Å². The van der Waals surface area contributed by atoms with E-state index in [1.807, 2.05) is 19.9 Å². The van der Waals surface area contributed by atoms with Gasteiger partial charge in [0.1, 0.15) is 5.75 Å². The summed E-state index contributed by atoms with van der Waals surface area (Å²) in [6.45, 7) is 0.665. The molecule has 0 spiro atoms. The van der Waals surface area contributed by atoms with Crippen LogP contribution >= 0.6 is 11.6 Å². The van der Waals surface area contributed by atoms with Crippen LogP contribution in [-0.4, -0.2) is 22.1 Å². The minimum Gasteiger partial charge on any atom is -0.433 e. The van der Waals surface area contributed by atoms with Gasteiger partial charge in [-0.3, -0.25) is 4.31 Å². The lowest BCUT2D eigenvalue weighted by Gasteiger charge is -2.22. The van der Waals surface area contributed by atoms with E-state index >= 15 is 0 Å². The Balaban J connectivity index is 2.43. The van der Waals surface area contributed by atoms with Crippen LogP contribution in [0.5, 0.6) is 5.75 Å². The van der Waals surface area contributed by atoms with E-state index in [1.165, 1.54) is 13.1 Å². The monoisotopic (exact) mass is 375 g/mol. The quantitative estimate of drug-likeness (QED) is 0.779. The molecule has 24 heavy (non-hydrogen) atoms. The number of rotatable bonds is 5. The van der Waals surface area contributed by atoms with Crippen molar-refractivity contribution in [3.63, 3.8) is 0 Å². The Morgan fingerprint density at radius 3 is 2.42 bits per heavy atom. The van der Waals surface area contributed by atoms with Gasteiger partial charge in [-0.2, -0.15) is 8.78 Å². The summed E-state index contributed by atoms with van der Waals surface area (Å²) in [7, 11) is -2.47. The number of alkyl halides is 2. The van der Waals surface area contributed by atoms with E-state index in [0.717, 1.165) is 27.6 Å². The van der Waals surface area contributed by atoms with Crippen LogP contribution in [-0.2, 0) is 10.0 Å². The van der Waals surface area contributed by atoms with Gasteiger partial charge in [-0.1, -0.05) is 23.7 Å². The number of anilines is 1. The van der Waals surface area contributed by atoms with Gasteiger partial charge in [0.15, 0.2) is 0 Å². The maximum atomic E-state index is 12.8. The van der Waals surface area contributed by atoms with Crippen molar-refractivity contribution in [1.82, 2.24) is 0 Å². The van der Waals surface area contributed by atoms with Crippen molar-refractivity contribution in [2.75, 3.05) is 11.4 Å². The predicted octanol–water partition coefficient (Wildman–Crippen LogP) is 4.38. The molecule has 0 saturated carbocycles. The summed E-state index contributed by atoms with van der Waals surface area (Å²) in [5.41, 5.74) is 2.31. The van der Waals surface area contributed by atoms with Crippen molar-refractivity contribution in [2.24, 2.45) is 0 Å².